The smallest absolute Gasteiger partial charge is 0.309 e. The standard InChI is InChI=1S/C13H22O2/c1-3-5-6-8-13(12(14)15)9-7-11(4-2)10-13/h3,11H,1,4-10H2,2H3,(H,14,15). The molecule has 1 saturated carbocycles. The molecule has 0 spiro atoms. The fraction of sp³-hybridized carbons (Fsp3) is 0.769. The van der Waals surface area contributed by atoms with Gasteiger partial charge in [-0.3, -0.25) is 4.79 Å². The van der Waals surface area contributed by atoms with Crippen molar-refractivity contribution in [3.8, 4) is 0 Å². The maximum atomic E-state index is 11.4. The Labute approximate surface area is 92.4 Å². The van der Waals surface area contributed by atoms with Crippen molar-refractivity contribution in [3.63, 3.8) is 0 Å². The van der Waals surface area contributed by atoms with Crippen LogP contribution in [0, 0.1) is 11.3 Å². The number of hydrogen-bond acceptors (Lipinski definition) is 1. The summed E-state index contributed by atoms with van der Waals surface area (Å²) in [4.78, 5) is 11.4. The third-order valence-electron chi connectivity index (χ3n) is 3.81. The summed E-state index contributed by atoms with van der Waals surface area (Å²) in [6.45, 7) is 5.84. The molecule has 2 atom stereocenters. The summed E-state index contributed by atoms with van der Waals surface area (Å²) in [6, 6.07) is 0. The molecule has 0 aromatic carbocycles. The molecule has 0 saturated heterocycles. The number of unbranched alkanes of at least 4 members (excludes halogenated alkanes) is 1. The zero-order valence-corrected chi connectivity index (χ0v) is 9.67. The molecule has 2 nitrogen and oxygen atoms in total. The highest BCUT2D eigenvalue weighted by Gasteiger charge is 2.43. The molecule has 0 bridgehead atoms. The average Bonchev–Trinajstić information content (AvgIpc) is 2.63. The quantitative estimate of drug-likeness (QED) is 0.537. The first-order chi connectivity index (χ1) is 7.14. The van der Waals surface area contributed by atoms with Gasteiger partial charge in [0.05, 0.1) is 5.41 Å². The van der Waals surface area contributed by atoms with Gasteiger partial charge < -0.3 is 5.11 Å². The first-order valence-corrected chi connectivity index (χ1v) is 5.99. The Morgan fingerprint density at radius 3 is 2.87 bits per heavy atom. The van der Waals surface area contributed by atoms with E-state index < -0.39 is 11.4 Å². The molecule has 1 fully saturated rings. The van der Waals surface area contributed by atoms with Gasteiger partial charge in [0, 0.05) is 0 Å². The Morgan fingerprint density at radius 2 is 2.40 bits per heavy atom. The maximum Gasteiger partial charge on any atom is 0.309 e. The molecule has 0 aromatic rings. The van der Waals surface area contributed by atoms with Crippen molar-refractivity contribution in [3.05, 3.63) is 12.7 Å². The van der Waals surface area contributed by atoms with Gasteiger partial charge in [0.15, 0.2) is 0 Å². The van der Waals surface area contributed by atoms with Crippen LogP contribution in [-0.4, -0.2) is 11.1 Å². The lowest BCUT2D eigenvalue weighted by Crippen LogP contribution is -2.28. The number of carbonyl (C=O) groups is 1. The van der Waals surface area contributed by atoms with Crippen molar-refractivity contribution in [1.29, 1.82) is 0 Å². The predicted molar refractivity (Wildman–Crippen MR) is 61.7 cm³/mol. The number of rotatable bonds is 6. The van der Waals surface area contributed by atoms with Gasteiger partial charge in [-0.15, -0.1) is 6.58 Å². The van der Waals surface area contributed by atoms with Crippen LogP contribution in [0.15, 0.2) is 12.7 Å². The van der Waals surface area contributed by atoms with Gasteiger partial charge in [0.25, 0.3) is 0 Å². The van der Waals surface area contributed by atoms with Gasteiger partial charge in [0.2, 0.25) is 0 Å². The summed E-state index contributed by atoms with van der Waals surface area (Å²) in [7, 11) is 0. The lowest BCUT2D eigenvalue weighted by molar-refractivity contribution is -0.149. The maximum absolute atomic E-state index is 11.4. The molecule has 0 amide bonds. The third kappa shape index (κ3) is 2.83. The van der Waals surface area contributed by atoms with Gasteiger partial charge in [-0.05, 0) is 44.4 Å². The van der Waals surface area contributed by atoms with Crippen LogP contribution >= 0.6 is 0 Å². The van der Waals surface area contributed by atoms with Crippen molar-refractivity contribution in [1.82, 2.24) is 0 Å². The Hall–Kier alpha value is -0.790. The first-order valence-electron chi connectivity index (χ1n) is 5.99. The Bertz CT molecular complexity index is 235. The van der Waals surface area contributed by atoms with Gasteiger partial charge in [-0.1, -0.05) is 19.4 Å². The summed E-state index contributed by atoms with van der Waals surface area (Å²) in [5.41, 5.74) is -0.413. The number of carboxylic acid groups (broad SMARTS) is 1. The van der Waals surface area contributed by atoms with E-state index in [1.54, 1.807) is 0 Å². The lowest BCUT2D eigenvalue weighted by Gasteiger charge is -2.24. The van der Waals surface area contributed by atoms with Crippen molar-refractivity contribution >= 4 is 5.97 Å². The topological polar surface area (TPSA) is 37.3 Å². The van der Waals surface area contributed by atoms with Gasteiger partial charge in [-0.25, -0.2) is 0 Å². The monoisotopic (exact) mass is 210 g/mol. The third-order valence-corrected chi connectivity index (χ3v) is 3.81. The van der Waals surface area contributed by atoms with Crippen LogP contribution in [0.2, 0.25) is 0 Å². The number of hydrogen-bond donors (Lipinski definition) is 1. The summed E-state index contributed by atoms with van der Waals surface area (Å²) in [5.74, 6) is 0.0485. The van der Waals surface area contributed by atoms with E-state index in [2.05, 4.69) is 13.5 Å². The molecule has 0 aliphatic heterocycles. The van der Waals surface area contributed by atoms with E-state index >= 15 is 0 Å². The van der Waals surface area contributed by atoms with E-state index in [1.807, 2.05) is 6.08 Å². The minimum Gasteiger partial charge on any atom is -0.481 e. The molecule has 1 aliphatic rings. The molecular weight excluding hydrogens is 188 g/mol. The molecule has 1 N–H and O–H groups in total. The van der Waals surface area contributed by atoms with Crippen LogP contribution < -0.4 is 0 Å². The van der Waals surface area contributed by atoms with Gasteiger partial charge in [-0.2, -0.15) is 0 Å². The molecule has 15 heavy (non-hydrogen) atoms. The second-order valence-corrected chi connectivity index (χ2v) is 4.78. The van der Waals surface area contributed by atoms with Crippen molar-refractivity contribution in [2.45, 2.75) is 51.9 Å². The van der Waals surface area contributed by atoms with E-state index in [0.717, 1.165) is 44.9 Å². The van der Waals surface area contributed by atoms with Crippen molar-refractivity contribution in [2.24, 2.45) is 11.3 Å². The van der Waals surface area contributed by atoms with E-state index in [4.69, 9.17) is 0 Å². The predicted octanol–water partition coefficient (Wildman–Crippen LogP) is 3.62. The van der Waals surface area contributed by atoms with Gasteiger partial charge in [0.1, 0.15) is 0 Å². The number of aliphatic carboxylic acids is 1. The SMILES string of the molecule is C=CCCCC1(C(=O)O)CCC(CC)C1. The molecular formula is C13H22O2. The largest absolute Gasteiger partial charge is 0.481 e. The zero-order chi connectivity index (χ0) is 11.3. The molecule has 2 heteroatoms. The molecule has 1 rings (SSSR count). The highest BCUT2D eigenvalue weighted by Crippen LogP contribution is 2.46. The number of allylic oxidation sites excluding steroid dienone is 1. The van der Waals surface area contributed by atoms with Gasteiger partial charge >= 0.3 is 5.97 Å². The highest BCUT2D eigenvalue weighted by molar-refractivity contribution is 5.75. The molecule has 0 aromatic heterocycles. The normalized spacial score (nSPS) is 30.3. The highest BCUT2D eigenvalue weighted by atomic mass is 16.4. The Balaban J connectivity index is 2.56. The van der Waals surface area contributed by atoms with Crippen molar-refractivity contribution < 1.29 is 9.90 Å². The number of carboxylic acids is 1. The fourth-order valence-electron chi connectivity index (χ4n) is 2.70. The molecule has 1 aliphatic carbocycles. The second-order valence-electron chi connectivity index (χ2n) is 4.78. The van der Waals surface area contributed by atoms with E-state index in [-0.39, 0.29) is 0 Å². The minimum absolute atomic E-state index is 0.413. The van der Waals surface area contributed by atoms with E-state index in [0.29, 0.717) is 5.92 Å². The average molecular weight is 210 g/mol. The summed E-state index contributed by atoms with van der Waals surface area (Å²) in [6.07, 6.45) is 8.58. The second kappa shape index (κ2) is 5.34. The first kappa shape index (κ1) is 12.3. The lowest BCUT2D eigenvalue weighted by atomic mass is 9.80. The Morgan fingerprint density at radius 1 is 1.67 bits per heavy atom. The van der Waals surface area contributed by atoms with Crippen LogP contribution in [0.1, 0.15) is 51.9 Å². The van der Waals surface area contributed by atoms with Crippen LogP contribution in [0.25, 0.3) is 0 Å². The van der Waals surface area contributed by atoms with Crippen molar-refractivity contribution in [2.75, 3.05) is 0 Å². The zero-order valence-electron chi connectivity index (χ0n) is 9.67. The molecule has 86 valence electrons. The minimum atomic E-state index is -0.581. The van der Waals surface area contributed by atoms with Crippen LogP contribution in [-0.2, 0) is 4.79 Å². The van der Waals surface area contributed by atoms with E-state index in [1.165, 1.54) is 0 Å². The summed E-state index contributed by atoms with van der Waals surface area (Å²) >= 11 is 0. The molecule has 0 radical (unpaired) electrons. The van der Waals surface area contributed by atoms with Crippen LogP contribution in [0.4, 0.5) is 0 Å². The van der Waals surface area contributed by atoms with E-state index in [9.17, 15) is 9.90 Å². The fourth-order valence-corrected chi connectivity index (χ4v) is 2.70. The summed E-state index contributed by atoms with van der Waals surface area (Å²) in [5, 5.41) is 9.35. The Kier molecular flexibility index (Phi) is 4.37. The molecule has 0 heterocycles. The van der Waals surface area contributed by atoms with Crippen LogP contribution in [0.3, 0.4) is 0 Å². The summed E-state index contributed by atoms with van der Waals surface area (Å²) < 4.78 is 0. The van der Waals surface area contributed by atoms with Crippen LogP contribution in [0.5, 0.6) is 0 Å². The molecule has 2 unspecified atom stereocenters.